The molecule has 0 spiro atoms. The van der Waals surface area contributed by atoms with Gasteiger partial charge in [0.05, 0.1) is 11.4 Å². The lowest BCUT2D eigenvalue weighted by atomic mass is 10.1. The summed E-state index contributed by atoms with van der Waals surface area (Å²) in [6.45, 7) is 0.891. The second kappa shape index (κ2) is 4.49. The van der Waals surface area contributed by atoms with Crippen LogP contribution in [0.5, 0.6) is 0 Å². The van der Waals surface area contributed by atoms with Crippen molar-refractivity contribution in [2.45, 2.75) is 44.7 Å². The standard InChI is InChI=1S/C16H19N3/c1-2-12-4-7-16(10-13(12)3-1)19-9-8-15(18-19)11-17-14-5-6-14/h4,7-10,14,17H,1-3,5-6,11H2. The Balaban J connectivity index is 1.54. The van der Waals surface area contributed by atoms with Gasteiger partial charge in [-0.2, -0.15) is 5.10 Å². The third kappa shape index (κ3) is 2.30. The van der Waals surface area contributed by atoms with Crippen molar-refractivity contribution in [2.75, 3.05) is 0 Å². The average Bonchev–Trinajstić information content (AvgIpc) is 2.96. The van der Waals surface area contributed by atoms with E-state index in [0.29, 0.717) is 0 Å². The molecule has 3 heteroatoms. The van der Waals surface area contributed by atoms with Crippen LogP contribution in [0.15, 0.2) is 30.5 Å². The van der Waals surface area contributed by atoms with Crippen LogP contribution in [0, 0.1) is 0 Å². The topological polar surface area (TPSA) is 29.9 Å². The molecule has 0 unspecified atom stereocenters. The maximum atomic E-state index is 4.66. The molecular formula is C16H19N3. The van der Waals surface area contributed by atoms with Gasteiger partial charge < -0.3 is 5.32 Å². The van der Waals surface area contributed by atoms with Gasteiger partial charge in [0.25, 0.3) is 0 Å². The highest BCUT2D eigenvalue weighted by Crippen LogP contribution is 2.24. The zero-order chi connectivity index (χ0) is 12.7. The maximum Gasteiger partial charge on any atom is 0.0766 e. The molecule has 0 atom stereocenters. The summed E-state index contributed by atoms with van der Waals surface area (Å²) in [6.07, 6.45) is 8.48. The summed E-state index contributed by atoms with van der Waals surface area (Å²) in [5, 5.41) is 8.16. The summed E-state index contributed by atoms with van der Waals surface area (Å²) < 4.78 is 2.00. The van der Waals surface area contributed by atoms with Gasteiger partial charge in [0.15, 0.2) is 0 Å². The van der Waals surface area contributed by atoms with Crippen LogP contribution in [0.1, 0.15) is 36.1 Å². The number of aryl methyl sites for hydroxylation is 2. The summed E-state index contributed by atoms with van der Waals surface area (Å²) in [4.78, 5) is 0. The van der Waals surface area contributed by atoms with Crippen LogP contribution in [-0.4, -0.2) is 15.8 Å². The van der Waals surface area contributed by atoms with Crippen LogP contribution in [-0.2, 0) is 19.4 Å². The minimum Gasteiger partial charge on any atom is -0.308 e. The maximum absolute atomic E-state index is 4.66. The number of benzene rings is 1. The molecule has 1 aromatic carbocycles. The van der Waals surface area contributed by atoms with Crippen LogP contribution < -0.4 is 5.32 Å². The molecule has 2 aliphatic rings. The average molecular weight is 253 g/mol. The van der Waals surface area contributed by atoms with E-state index >= 15 is 0 Å². The molecule has 0 saturated heterocycles. The van der Waals surface area contributed by atoms with Gasteiger partial charge >= 0.3 is 0 Å². The Morgan fingerprint density at radius 3 is 2.95 bits per heavy atom. The fourth-order valence-electron chi connectivity index (χ4n) is 2.84. The summed E-state index contributed by atoms with van der Waals surface area (Å²) in [5.41, 5.74) is 5.35. The van der Waals surface area contributed by atoms with Gasteiger partial charge in [0.1, 0.15) is 0 Å². The molecule has 1 fully saturated rings. The van der Waals surface area contributed by atoms with Crippen LogP contribution in [0.2, 0.25) is 0 Å². The first-order valence-electron chi connectivity index (χ1n) is 7.28. The molecule has 4 rings (SSSR count). The van der Waals surface area contributed by atoms with Crippen molar-refractivity contribution >= 4 is 0 Å². The number of nitrogens with one attached hydrogen (secondary N) is 1. The Morgan fingerprint density at radius 2 is 2.05 bits per heavy atom. The first-order chi connectivity index (χ1) is 9.38. The smallest absolute Gasteiger partial charge is 0.0766 e. The van der Waals surface area contributed by atoms with Crippen molar-refractivity contribution in [3.05, 3.63) is 47.3 Å². The number of hydrogen-bond acceptors (Lipinski definition) is 2. The zero-order valence-electron chi connectivity index (χ0n) is 11.1. The lowest BCUT2D eigenvalue weighted by Gasteiger charge is -2.05. The van der Waals surface area contributed by atoms with Gasteiger partial charge in [-0.05, 0) is 61.4 Å². The lowest BCUT2D eigenvalue weighted by molar-refractivity contribution is 0.665. The molecule has 98 valence electrons. The lowest BCUT2D eigenvalue weighted by Crippen LogP contribution is -2.15. The van der Waals surface area contributed by atoms with E-state index in [1.807, 2.05) is 4.68 Å². The molecule has 0 aliphatic heterocycles. The fourth-order valence-corrected chi connectivity index (χ4v) is 2.84. The zero-order valence-corrected chi connectivity index (χ0v) is 11.1. The normalized spacial score (nSPS) is 17.7. The van der Waals surface area contributed by atoms with Crippen molar-refractivity contribution < 1.29 is 0 Å². The van der Waals surface area contributed by atoms with Crippen LogP contribution in [0.4, 0.5) is 0 Å². The summed E-state index contributed by atoms with van der Waals surface area (Å²) in [6, 6.07) is 9.61. The Labute approximate surface area is 113 Å². The van der Waals surface area contributed by atoms with E-state index in [0.717, 1.165) is 18.3 Å². The van der Waals surface area contributed by atoms with E-state index in [-0.39, 0.29) is 0 Å². The molecule has 2 aromatic rings. The highest BCUT2D eigenvalue weighted by atomic mass is 15.3. The number of hydrogen-bond donors (Lipinski definition) is 1. The molecule has 1 N–H and O–H groups in total. The predicted molar refractivity (Wildman–Crippen MR) is 75.5 cm³/mol. The Kier molecular flexibility index (Phi) is 2.66. The third-order valence-electron chi connectivity index (χ3n) is 4.14. The van der Waals surface area contributed by atoms with Gasteiger partial charge in [-0.25, -0.2) is 4.68 Å². The van der Waals surface area contributed by atoms with Crippen LogP contribution >= 0.6 is 0 Å². The number of aromatic nitrogens is 2. The van der Waals surface area contributed by atoms with Crippen molar-refractivity contribution in [2.24, 2.45) is 0 Å². The molecule has 0 amide bonds. The summed E-state index contributed by atoms with van der Waals surface area (Å²) in [5.74, 6) is 0. The van der Waals surface area contributed by atoms with Gasteiger partial charge in [0, 0.05) is 18.8 Å². The number of rotatable bonds is 4. The Bertz CT molecular complexity index is 596. The minimum absolute atomic E-state index is 0.741. The fraction of sp³-hybridized carbons (Fsp3) is 0.438. The van der Waals surface area contributed by atoms with Gasteiger partial charge in [-0.3, -0.25) is 0 Å². The highest BCUT2D eigenvalue weighted by Gasteiger charge is 2.20. The van der Waals surface area contributed by atoms with E-state index in [1.165, 1.54) is 48.9 Å². The van der Waals surface area contributed by atoms with Gasteiger partial charge in [0.2, 0.25) is 0 Å². The molecular weight excluding hydrogens is 234 g/mol. The predicted octanol–water partition coefficient (Wildman–Crippen LogP) is 2.61. The number of nitrogens with zero attached hydrogens (tertiary/aromatic N) is 2. The second-order valence-corrected chi connectivity index (χ2v) is 5.71. The molecule has 1 saturated carbocycles. The van der Waals surface area contributed by atoms with Crippen LogP contribution in [0.25, 0.3) is 5.69 Å². The Morgan fingerprint density at radius 1 is 1.16 bits per heavy atom. The van der Waals surface area contributed by atoms with Gasteiger partial charge in [-0.1, -0.05) is 6.07 Å². The molecule has 1 aromatic heterocycles. The first-order valence-corrected chi connectivity index (χ1v) is 7.28. The van der Waals surface area contributed by atoms with Crippen molar-refractivity contribution in [1.82, 2.24) is 15.1 Å². The summed E-state index contributed by atoms with van der Waals surface area (Å²) in [7, 11) is 0. The molecule has 1 heterocycles. The quantitative estimate of drug-likeness (QED) is 0.907. The summed E-state index contributed by atoms with van der Waals surface area (Å²) >= 11 is 0. The van der Waals surface area contributed by atoms with Crippen molar-refractivity contribution in [1.29, 1.82) is 0 Å². The molecule has 2 aliphatic carbocycles. The van der Waals surface area contributed by atoms with Crippen molar-refractivity contribution in [3.8, 4) is 5.69 Å². The largest absolute Gasteiger partial charge is 0.308 e. The second-order valence-electron chi connectivity index (χ2n) is 5.71. The SMILES string of the molecule is c1cc2c(cc1-n1ccc(CNC3CC3)n1)CCC2. The van der Waals surface area contributed by atoms with Crippen molar-refractivity contribution in [3.63, 3.8) is 0 Å². The van der Waals surface area contributed by atoms with Gasteiger partial charge in [-0.15, -0.1) is 0 Å². The molecule has 0 bridgehead atoms. The van der Waals surface area contributed by atoms with Crippen LogP contribution in [0.3, 0.4) is 0 Å². The van der Waals surface area contributed by atoms with E-state index in [1.54, 1.807) is 0 Å². The third-order valence-corrected chi connectivity index (χ3v) is 4.14. The monoisotopic (exact) mass is 253 g/mol. The minimum atomic E-state index is 0.741. The Hall–Kier alpha value is -1.61. The van der Waals surface area contributed by atoms with E-state index < -0.39 is 0 Å². The molecule has 3 nitrogen and oxygen atoms in total. The molecule has 0 radical (unpaired) electrons. The van der Waals surface area contributed by atoms with E-state index in [9.17, 15) is 0 Å². The molecule has 19 heavy (non-hydrogen) atoms. The number of fused-ring (bicyclic) bond motifs is 1. The van der Waals surface area contributed by atoms with E-state index in [2.05, 4.69) is 40.9 Å². The van der Waals surface area contributed by atoms with E-state index in [4.69, 9.17) is 0 Å². The first kappa shape index (κ1) is 11.2. The highest BCUT2D eigenvalue weighted by molar-refractivity contribution is 5.42.